The van der Waals surface area contributed by atoms with E-state index in [1.54, 1.807) is 43.5 Å². The third-order valence-electron chi connectivity index (χ3n) is 4.34. The second-order valence-corrected chi connectivity index (χ2v) is 8.23. The minimum atomic E-state index is -0.496. The number of amides is 2. The first kappa shape index (κ1) is 23.7. The fourth-order valence-electron chi connectivity index (χ4n) is 2.75. The molecule has 2 aromatic carbocycles. The Morgan fingerprint density at radius 3 is 2.50 bits per heavy atom. The number of carbonyl (C=O) groups excluding carboxylic acids is 3. The van der Waals surface area contributed by atoms with Crippen molar-refractivity contribution in [3.05, 3.63) is 57.4 Å². The lowest BCUT2D eigenvalue weighted by Crippen LogP contribution is -2.32. The maximum absolute atomic E-state index is 12.7. The van der Waals surface area contributed by atoms with Crippen LogP contribution in [0.2, 0.25) is 0 Å². The van der Waals surface area contributed by atoms with Crippen LogP contribution < -0.4 is 14.2 Å². The van der Waals surface area contributed by atoms with Gasteiger partial charge in [-0.05, 0) is 63.6 Å². The Morgan fingerprint density at radius 2 is 1.81 bits per heavy atom. The quantitative estimate of drug-likeness (QED) is 0.359. The predicted molar refractivity (Wildman–Crippen MR) is 123 cm³/mol. The molecule has 168 valence electrons. The molecule has 1 saturated heterocycles. The molecule has 0 bridgehead atoms. The van der Waals surface area contributed by atoms with Crippen LogP contribution in [0.3, 0.4) is 0 Å². The number of para-hydroxylation sites is 2. The van der Waals surface area contributed by atoms with Gasteiger partial charge in [0.2, 0.25) is 0 Å². The van der Waals surface area contributed by atoms with E-state index < -0.39 is 5.97 Å². The fourth-order valence-corrected chi connectivity index (χ4v) is 4.12. The van der Waals surface area contributed by atoms with Gasteiger partial charge in [-0.2, -0.15) is 0 Å². The number of nitrogens with zero attached hydrogens (tertiary/aromatic N) is 1. The van der Waals surface area contributed by atoms with Gasteiger partial charge in [0.15, 0.2) is 18.1 Å². The number of hydrogen-bond acceptors (Lipinski definition) is 8. The second-order valence-electron chi connectivity index (χ2n) is 6.39. The van der Waals surface area contributed by atoms with Crippen LogP contribution >= 0.6 is 27.7 Å². The molecule has 1 aliphatic heterocycles. The summed E-state index contributed by atoms with van der Waals surface area (Å²) in [6, 6.07) is 12.3. The summed E-state index contributed by atoms with van der Waals surface area (Å²) in [7, 11) is 2.82. The topological polar surface area (TPSA) is 91.4 Å². The van der Waals surface area contributed by atoms with Crippen LogP contribution in [0.5, 0.6) is 17.2 Å². The zero-order valence-electron chi connectivity index (χ0n) is 17.3. The van der Waals surface area contributed by atoms with Gasteiger partial charge < -0.3 is 18.9 Å². The molecule has 0 N–H and O–H groups in total. The zero-order valence-corrected chi connectivity index (χ0v) is 19.7. The highest BCUT2D eigenvalue weighted by atomic mass is 79.9. The molecule has 0 unspecified atom stereocenters. The molecule has 1 fully saturated rings. The van der Waals surface area contributed by atoms with E-state index in [-0.39, 0.29) is 30.9 Å². The van der Waals surface area contributed by atoms with Crippen LogP contribution in [-0.4, -0.2) is 56.0 Å². The third-order valence-corrected chi connectivity index (χ3v) is 5.87. The van der Waals surface area contributed by atoms with Gasteiger partial charge in [-0.15, -0.1) is 0 Å². The van der Waals surface area contributed by atoms with Gasteiger partial charge in [0.1, 0.15) is 12.4 Å². The van der Waals surface area contributed by atoms with E-state index in [2.05, 4.69) is 20.7 Å². The van der Waals surface area contributed by atoms with Crippen LogP contribution in [0.15, 0.2) is 51.8 Å². The maximum Gasteiger partial charge on any atom is 0.343 e. The number of rotatable bonds is 9. The molecule has 0 spiro atoms. The van der Waals surface area contributed by atoms with Crippen LogP contribution in [0, 0.1) is 0 Å². The van der Waals surface area contributed by atoms with E-state index >= 15 is 0 Å². The van der Waals surface area contributed by atoms with Crippen molar-refractivity contribution in [2.45, 2.75) is 0 Å². The van der Waals surface area contributed by atoms with Gasteiger partial charge in [-0.3, -0.25) is 14.5 Å². The Morgan fingerprint density at radius 1 is 1.06 bits per heavy atom. The van der Waals surface area contributed by atoms with Gasteiger partial charge in [0.05, 0.1) is 30.1 Å². The van der Waals surface area contributed by atoms with E-state index in [1.165, 1.54) is 7.11 Å². The van der Waals surface area contributed by atoms with Gasteiger partial charge >= 0.3 is 5.97 Å². The van der Waals surface area contributed by atoms with Crippen molar-refractivity contribution in [2.24, 2.45) is 0 Å². The predicted octanol–water partition coefficient (Wildman–Crippen LogP) is 4.12. The Hall–Kier alpha value is -2.98. The number of hydrogen-bond donors (Lipinski definition) is 0. The zero-order chi connectivity index (χ0) is 23.1. The van der Waals surface area contributed by atoms with Crippen molar-refractivity contribution in [3.8, 4) is 17.2 Å². The molecule has 8 nitrogen and oxygen atoms in total. The Labute approximate surface area is 197 Å². The highest BCUT2D eigenvalue weighted by Crippen LogP contribution is 2.34. The molecule has 3 rings (SSSR count). The molecular weight excluding hydrogens is 502 g/mol. The average Bonchev–Trinajstić information content (AvgIpc) is 3.05. The molecule has 0 saturated carbocycles. The first-order chi connectivity index (χ1) is 15.4. The summed E-state index contributed by atoms with van der Waals surface area (Å²) in [6.07, 6.45) is 1.63. The number of imide groups is 1. The lowest BCUT2D eigenvalue weighted by Gasteiger charge is -2.14. The van der Waals surface area contributed by atoms with Crippen molar-refractivity contribution < 1.29 is 33.3 Å². The molecule has 0 atom stereocenters. The lowest BCUT2D eigenvalue weighted by atomic mass is 10.2. The normalized spacial score (nSPS) is 14.6. The summed E-state index contributed by atoms with van der Waals surface area (Å²) in [5.41, 5.74) is 0.693. The smallest absolute Gasteiger partial charge is 0.343 e. The number of thioether (sulfide) groups is 1. The van der Waals surface area contributed by atoms with Crippen molar-refractivity contribution in [3.63, 3.8) is 0 Å². The highest BCUT2D eigenvalue weighted by molar-refractivity contribution is 9.10. The van der Waals surface area contributed by atoms with Gasteiger partial charge in [-0.1, -0.05) is 18.2 Å². The standard InChI is InChI=1S/C22H20BrNO7S/c1-28-17-5-3-4-6-18(17)30-10-9-24-21(26)19(32-22(24)27)12-14-7-8-16(15(23)11-14)31-13-20(25)29-2/h3-8,11-12H,9-10,13H2,1-2H3/b19-12-. The first-order valence-corrected chi connectivity index (χ1v) is 11.0. The molecule has 0 aliphatic carbocycles. The maximum atomic E-state index is 12.7. The first-order valence-electron chi connectivity index (χ1n) is 9.43. The van der Waals surface area contributed by atoms with Crippen molar-refractivity contribution in [1.82, 2.24) is 4.90 Å². The SMILES string of the molecule is COC(=O)COc1ccc(/C=C2\SC(=O)N(CCOc3ccccc3OC)C2=O)cc1Br. The molecule has 1 heterocycles. The number of methoxy groups -OCH3 is 2. The summed E-state index contributed by atoms with van der Waals surface area (Å²) in [6.45, 7) is 0.0395. The van der Waals surface area contributed by atoms with E-state index in [4.69, 9.17) is 14.2 Å². The van der Waals surface area contributed by atoms with Crippen LogP contribution in [-0.2, 0) is 14.3 Å². The number of ether oxygens (including phenoxy) is 4. The van der Waals surface area contributed by atoms with E-state index in [1.807, 2.05) is 12.1 Å². The molecule has 32 heavy (non-hydrogen) atoms. The molecule has 2 aromatic rings. The highest BCUT2D eigenvalue weighted by Gasteiger charge is 2.34. The average molecular weight is 522 g/mol. The summed E-state index contributed by atoms with van der Waals surface area (Å²) in [5.74, 6) is 0.687. The Balaban J connectivity index is 1.62. The second kappa shape index (κ2) is 11.1. The number of benzene rings is 2. The summed E-state index contributed by atoms with van der Waals surface area (Å²) in [5, 5.41) is -0.359. The molecule has 0 aromatic heterocycles. The van der Waals surface area contributed by atoms with Crippen LogP contribution in [0.4, 0.5) is 4.79 Å². The number of esters is 1. The Kier molecular flexibility index (Phi) is 8.18. The van der Waals surface area contributed by atoms with E-state index in [0.717, 1.165) is 16.7 Å². The van der Waals surface area contributed by atoms with E-state index in [9.17, 15) is 14.4 Å². The molecule has 1 aliphatic rings. The summed E-state index contributed by atoms with van der Waals surface area (Å²) >= 11 is 4.24. The summed E-state index contributed by atoms with van der Waals surface area (Å²) in [4.78, 5) is 37.7. The number of halogens is 1. The van der Waals surface area contributed by atoms with E-state index in [0.29, 0.717) is 32.2 Å². The molecule has 10 heteroatoms. The minimum absolute atomic E-state index is 0.115. The van der Waals surface area contributed by atoms with Crippen LogP contribution in [0.1, 0.15) is 5.56 Å². The molecule has 2 amide bonds. The van der Waals surface area contributed by atoms with Crippen molar-refractivity contribution in [2.75, 3.05) is 34.0 Å². The lowest BCUT2D eigenvalue weighted by molar-refractivity contribution is -0.142. The van der Waals surface area contributed by atoms with Gasteiger partial charge in [-0.25, -0.2) is 4.79 Å². The van der Waals surface area contributed by atoms with Gasteiger partial charge in [0.25, 0.3) is 11.1 Å². The largest absolute Gasteiger partial charge is 0.493 e. The Bertz CT molecular complexity index is 1060. The third kappa shape index (κ3) is 5.83. The van der Waals surface area contributed by atoms with Crippen molar-refractivity contribution in [1.29, 1.82) is 0 Å². The molecular formula is C22H20BrNO7S. The van der Waals surface area contributed by atoms with Gasteiger partial charge in [0, 0.05) is 0 Å². The summed E-state index contributed by atoms with van der Waals surface area (Å²) < 4.78 is 21.4. The van der Waals surface area contributed by atoms with Crippen LogP contribution in [0.25, 0.3) is 6.08 Å². The molecule has 0 radical (unpaired) electrons. The fraction of sp³-hybridized carbons (Fsp3) is 0.227. The van der Waals surface area contributed by atoms with Crippen molar-refractivity contribution >= 4 is 50.9 Å². The number of carbonyl (C=O) groups is 3. The minimum Gasteiger partial charge on any atom is -0.493 e. The monoisotopic (exact) mass is 521 g/mol.